The second-order valence-corrected chi connectivity index (χ2v) is 3.52. The minimum Gasteiger partial charge on any atom is -0.511 e. The van der Waals surface area contributed by atoms with Crippen LogP contribution in [0, 0.1) is 11.8 Å². The van der Waals surface area contributed by atoms with Crippen molar-refractivity contribution >= 4 is 5.97 Å². The molecule has 2 atom stereocenters. The maximum absolute atomic E-state index is 11.3. The largest absolute Gasteiger partial charge is 0.511 e. The molecule has 1 aliphatic carbocycles. The predicted molar refractivity (Wildman–Crippen MR) is 53.8 cm³/mol. The lowest BCUT2D eigenvalue weighted by Gasteiger charge is -2.24. The third-order valence-electron chi connectivity index (χ3n) is 2.67. The molecule has 1 rings (SSSR count). The van der Waals surface area contributed by atoms with Gasteiger partial charge in [-0.25, -0.2) is 4.79 Å². The summed E-state index contributed by atoms with van der Waals surface area (Å²) in [5.74, 6) is 0.000885. The first-order chi connectivity index (χ1) is 6.61. The molecule has 0 bridgehead atoms. The van der Waals surface area contributed by atoms with Crippen molar-refractivity contribution in [3.05, 3.63) is 23.5 Å². The van der Waals surface area contributed by atoms with Gasteiger partial charge >= 0.3 is 5.97 Å². The Kier molecular flexibility index (Phi) is 3.33. The number of allylic oxidation sites excluding steroid dienone is 2. The molecule has 1 N–H and O–H groups in total. The van der Waals surface area contributed by atoms with Crippen LogP contribution in [0.4, 0.5) is 0 Å². The van der Waals surface area contributed by atoms with Gasteiger partial charge in [0, 0.05) is 5.92 Å². The average Bonchev–Trinajstić information content (AvgIpc) is 2.18. The lowest BCUT2D eigenvalue weighted by molar-refractivity contribution is -0.136. The molecule has 0 aromatic rings. The summed E-state index contributed by atoms with van der Waals surface area (Å²) in [4.78, 5) is 11.3. The number of rotatable bonds is 2. The normalized spacial score (nSPS) is 26.5. The Morgan fingerprint density at radius 2 is 2.29 bits per heavy atom. The van der Waals surface area contributed by atoms with E-state index in [2.05, 4.69) is 4.74 Å². The molecule has 0 saturated carbocycles. The number of aliphatic hydroxyl groups excluding tert-OH is 1. The van der Waals surface area contributed by atoms with Gasteiger partial charge in [-0.3, -0.25) is 0 Å². The van der Waals surface area contributed by atoms with Gasteiger partial charge in [0.1, 0.15) is 5.76 Å². The fourth-order valence-corrected chi connectivity index (χ4v) is 1.76. The van der Waals surface area contributed by atoms with Crippen LogP contribution in [0.15, 0.2) is 23.5 Å². The maximum Gasteiger partial charge on any atom is 0.341 e. The third-order valence-corrected chi connectivity index (χ3v) is 2.67. The summed E-state index contributed by atoms with van der Waals surface area (Å²) in [6.07, 6.45) is 4.38. The highest BCUT2D eigenvalue weighted by molar-refractivity contribution is 5.92. The highest BCUT2D eigenvalue weighted by Gasteiger charge is 2.27. The first-order valence-corrected chi connectivity index (χ1v) is 4.81. The molecule has 0 aromatic carbocycles. The molecule has 1 aliphatic rings. The van der Waals surface area contributed by atoms with Crippen molar-refractivity contribution in [2.24, 2.45) is 11.8 Å². The van der Waals surface area contributed by atoms with Gasteiger partial charge in [0.05, 0.1) is 12.7 Å². The fourth-order valence-electron chi connectivity index (χ4n) is 1.76. The summed E-state index contributed by atoms with van der Waals surface area (Å²) in [6.45, 7) is 4.01. The van der Waals surface area contributed by atoms with Gasteiger partial charge in [-0.15, -0.1) is 0 Å². The molecule has 0 heterocycles. The van der Waals surface area contributed by atoms with Crippen LogP contribution in [0.1, 0.15) is 20.3 Å². The van der Waals surface area contributed by atoms with E-state index in [1.54, 1.807) is 6.08 Å². The van der Waals surface area contributed by atoms with Crippen molar-refractivity contribution in [1.82, 2.24) is 0 Å². The SMILES string of the molecule is CC[C@@H]1C(O)=C(C(=O)OC)C=C[C@H]1C. The first kappa shape index (κ1) is 10.8. The highest BCUT2D eigenvalue weighted by atomic mass is 16.5. The second kappa shape index (κ2) is 4.31. The summed E-state index contributed by atoms with van der Waals surface area (Å²) in [5, 5.41) is 9.83. The second-order valence-electron chi connectivity index (χ2n) is 3.52. The van der Waals surface area contributed by atoms with E-state index in [0.717, 1.165) is 6.42 Å². The summed E-state index contributed by atoms with van der Waals surface area (Å²) in [5.41, 5.74) is 0.289. The standard InChI is InChI=1S/C11H16O3/c1-4-8-7(2)5-6-9(10(8)12)11(13)14-3/h5-8,12H,4H2,1-3H3/t7-,8+/m1/s1. The van der Waals surface area contributed by atoms with Gasteiger partial charge in [-0.05, 0) is 18.4 Å². The molecule has 14 heavy (non-hydrogen) atoms. The molecule has 0 saturated heterocycles. The molecular weight excluding hydrogens is 180 g/mol. The number of hydrogen-bond acceptors (Lipinski definition) is 3. The molecule has 0 aliphatic heterocycles. The van der Waals surface area contributed by atoms with Crippen LogP contribution in [0.25, 0.3) is 0 Å². The van der Waals surface area contributed by atoms with Crippen LogP contribution in [0.2, 0.25) is 0 Å². The van der Waals surface area contributed by atoms with E-state index in [0.29, 0.717) is 0 Å². The van der Waals surface area contributed by atoms with E-state index in [1.807, 2.05) is 19.9 Å². The van der Waals surface area contributed by atoms with E-state index in [1.165, 1.54) is 7.11 Å². The van der Waals surface area contributed by atoms with Crippen LogP contribution in [0.3, 0.4) is 0 Å². The topological polar surface area (TPSA) is 46.5 Å². The summed E-state index contributed by atoms with van der Waals surface area (Å²) in [7, 11) is 1.31. The number of carbonyl (C=O) groups is 1. The minimum absolute atomic E-state index is 0.0362. The molecule has 0 radical (unpaired) electrons. The summed E-state index contributed by atoms with van der Waals surface area (Å²) in [6, 6.07) is 0. The van der Waals surface area contributed by atoms with E-state index >= 15 is 0 Å². The lowest BCUT2D eigenvalue weighted by Crippen LogP contribution is -2.20. The van der Waals surface area contributed by atoms with Crippen molar-refractivity contribution in [3.8, 4) is 0 Å². The Hall–Kier alpha value is -1.25. The summed E-state index contributed by atoms with van der Waals surface area (Å²) >= 11 is 0. The van der Waals surface area contributed by atoms with E-state index < -0.39 is 5.97 Å². The van der Waals surface area contributed by atoms with Gasteiger partial charge in [-0.1, -0.05) is 19.9 Å². The molecule has 0 unspecified atom stereocenters. The van der Waals surface area contributed by atoms with Crippen LogP contribution in [-0.2, 0) is 9.53 Å². The van der Waals surface area contributed by atoms with Gasteiger partial charge in [0.25, 0.3) is 0 Å². The smallest absolute Gasteiger partial charge is 0.341 e. The molecule has 0 spiro atoms. The van der Waals surface area contributed by atoms with Crippen molar-refractivity contribution in [2.45, 2.75) is 20.3 Å². The Bertz CT molecular complexity index is 289. The van der Waals surface area contributed by atoms with Gasteiger partial charge in [-0.2, -0.15) is 0 Å². The van der Waals surface area contributed by atoms with E-state index in [9.17, 15) is 9.90 Å². The quantitative estimate of drug-likeness (QED) is 0.689. The molecule has 3 nitrogen and oxygen atoms in total. The fraction of sp³-hybridized carbons (Fsp3) is 0.545. The van der Waals surface area contributed by atoms with Crippen molar-refractivity contribution < 1.29 is 14.6 Å². The average molecular weight is 196 g/mol. The zero-order chi connectivity index (χ0) is 10.7. The zero-order valence-corrected chi connectivity index (χ0v) is 8.78. The van der Waals surface area contributed by atoms with Crippen LogP contribution >= 0.6 is 0 Å². The number of aliphatic hydroxyl groups is 1. The Morgan fingerprint density at radius 1 is 1.64 bits per heavy atom. The van der Waals surface area contributed by atoms with Crippen molar-refractivity contribution in [1.29, 1.82) is 0 Å². The molecule has 0 aromatic heterocycles. The van der Waals surface area contributed by atoms with Gasteiger partial charge in [0.15, 0.2) is 0 Å². The maximum atomic E-state index is 11.3. The number of methoxy groups -OCH3 is 1. The van der Waals surface area contributed by atoms with Crippen LogP contribution < -0.4 is 0 Å². The molecule has 0 fully saturated rings. The van der Waals surface area contributed by atoms with Crippen LogP contribution in [-0.4, -0.2) is 18.2 Å². The molecule has 78 valence electrons. The number of hydrogen-bond donors (Lipinski definition) is 1. The highest BCUT2D eigenvalue weighted by Crippen LogP contribution is 2.30. The Balaban J connectivity index is 3.00. The molecule has 3 heteroatoms. The van der Waals surface area contributed by atoms with E-state index in [4.69, 9.17) is 0 Å². The van der Waals surface area contributed by atoms with Gasteiger partial charge < -0.3 is 9.84 Å². The predicted octanol–water partition coefficient (Wildman–Crippen LogP) is 2.20. The number of carbonyl (C=O) groups excluding carboxylic acids is 1. The Labute approximate surface area is 84.1 Å². The summed E-state index contributed by atoms with van der Waals surface area (Å²) < 4.78 is 4.58. The van der Waals surface area contributed by atoms with E-state index in [-0.39, 0.29) is 23.2 Å². The van der Waals surface area contributed by atoms with Crippen molar-refractivity contribution in [3.63, 3.8) is 0 Å². The zero-order valence-electron chi connectivity index (χ0n) is 8.78. The number of ether oxygens (including phenoxy) is 1. The Morgan fingerprint density at radius 3 is 2.79 bits per heavy atom. The van der Waals surface area contributed by atoms with Gasteiger partial charge in [0.2, 0.25) is 0 Å². The van der Waals surface area contributed by atoms with Crippen molar-refractivity contribution in [2.75, 3.05) is 7.11 Å². The minimum atomic E-state index is -0.468. The molecule has 0 amide bonds. The first-order valence-electron chi connectivity index (χ1n) is 4.81. The number of esters is 1. The molecular formula is C11H16O3. The monoisotopic (exact) mass is 196 g/mol. The van der Waals surface area contributed by atoms with Crippen LogP contribution in [0.5, 0.6) is 0 Å². The third kappa shape index (κ3) is 1.81. The lowest BCUT2D eigenvalue weighted by atomic mass is 9.83.